The van der Waals surface area contributed by atoms with Gasteiger partial charge in [0, 0.05) is 0 Å². The molecule has 8 atom stereocenters. The number of rotatable bonds is 4. The van der Waals surface area contributed by atoms with E-state index in [-0.39, 0.29) is 17.1 Å². The number of hydrogen-bond acceptors (Lipinski definition) is 2. The van der Waals surface area contributed by atoms with Crippen LogP contribution in [-0.2, 0) is 4.74 Å². The van der Waals surface area contributed by atoms with Crippen LogP contribution in [0.5, 0.6) is 0 Å². The van der Waals surface area contributed by atoms with Crippen LogP contribution in [0.15, 0.2) is 11.1 Å². The molecule has 3 fully saturated rings. The molecule has 1 saturated heterocycles. The lowest BCUT2D eigenvalue weighted by molar-refractivity contribution is -0.0962. The van der Waals surface area contributed by atoms with Crippen molar-refractivity contribution in [2.45, 2.75) is 137 Å². The smallest absolute Gasteiger partial charge is 0.0892 e. The molecule has 2 nitrogen and oxygen atoms in total. The molecule has 0 spiro atoms. The van der Waals surface area contributed by atoms with Gasteiger partial charge in [0.1, 0.15) is 0 Å². The first-order valence-corrected chi connectivity index (χ1v) is 13.9. The van der Waals surface area contributed by atoms with Crippen LogP contribution in [0.25, 0.3) is 0 Å². The van der Waals surface area contributed by atoms with Crippen LogP contribution < -0.4 is 0 Å². The summed E-state index contributed by atoms with van der Waals surface area (Å²) >= 11 is 0. The minimum Gasteiger partial charge on any atom is -0.393 e. The van der Waals surface area contributed by atoms with E-state index in [0.29, 0.717) is 28.3 Å². The third kappa shape index (κ3) is 3.03. The fourth-order valence-electron chi connectivity index (χ4n) is 9.98. The van der Waals surface area contributed by atoms with Gasteiger partial charge < -0.3 is 9.84 Å². The number of allylic oxidation sites excluding steroid dienone is 2. The number of hydrogen-bond donors (Lipinski definition) is 1. The molecule has 1 aliphatic heterocycles. The van der Waals surface area contributed by atoms with Gasteiger partial charge in [-0.1, -0.05) is 52.7 Å². The maximum Gasteiger partial charge on any atom is 0.0892 e. The molecule has 0 unspecified atom stereocenters. The van der Waals surface area contributed by atoms with E-state index in [1.54, 1.807) is 0 Å². The van der Waals surface area contributed by atoms with Crippen LogP contribution in [0.1, 0.15) is 120 Å². The third-order valence-corrected chi connectivity index (χ3v) is 12.5. The predicted octanol–water partition coefficient (Wildman–Crippen LogP) is 7.69. The highest BCUT2D eigenvalue weighted by molar-refractivity contribution is 5.38. The zero-order valence-corrected chi connectivity index (χ0v) is 22.3. The van der Waals surface area contributed by atoms with E-state index >= 15 is 0 Å². The fourth-order valence-corrected chi connectivity index (χ4v) is 9.98. The number of fused-ring (bicyclic) bond motifs is 4. The zero-order valence-electron chi connectivity index (χ0n) is 22.3. The highest BCUT2D eigenvalue weighted by atomic mass is 16.6. The van der Waals surface area contributed by atoms with Crippen LogP contribution in [0.4, 0.5) is 0 Å². The van der Waals surface area contributed by atoms with Crippen LogP contribution >= 0.6 is 0 Å². The van der Waals surface area contributed by atoms with Crippen molar-refractivity contribution < 1.29 is 9.84 Å². The summed E-state index contributed by atoms with van der Waals surface area (Å²) in [7, 11) is 0. The van der Waals surface area contributed by atoms with Gasteiger partial charge >= 0.3 is 0 Å². The number of aliphatic hydroxyl groups excluding tert-OH is 1. The Hall–Kier alpha value is -0.340. The second kappa shape index (κ2) is 7.09. The molecule has 0 radical (unpaired) electrons. The van der Waals surface area contributed by atoms with Gasteiger partial charge in [-0.3, -0.25) is 0 Å². The Labute approximate surface area is 198 Å². The van der Waals surface area contributed by atoms with Crippen molar-refractivity contribution >= 4 is 0 Å². The predicted molar refractivity (Wildman–Crippen MR) is 132 cm³/mol. The van der Waals surface area contributed by atoms with Crippen LogP contribution in [0.2, 0.25) is 0 Å². The SMILES string of the molecule is C[C@H](CC[C@@H]1OC1(C)C)[C@H]1CC[C@@]2(C)C3=C(CC[C@]12C)[C@@]1(C)CC[C@H](O)C(C)(C)[C@@H]1CC3. The molecule has 32 heavy (non-hydrogen) atoms. The molecule has 0 bridgehead atoms. The summed E-state index contributed by atoms with van der Waals surface area (Å²) < 4.78 is 5.90. The van der Waals surface area contributed by atoms with E-state index in [2.05, 4.69) is 55.4 Å². The van der Waals surface area contributed by atoms with Gasteiger partial charge in [-0.25, -0.2) is 0 Å². The summed E-state index contributed by atoms with van der Waals surface area (Å²) in [5, 5.41) is 10.8. The molecule has 0 aromatic heterocycles. The highest BCUT2D eigenvalue weighted by Gasteiger charge is 2.63. The van der Waals surface area contributed by atoms with Crippen molar-refractivity contribution in [3.8, 4) is 0 Å². The molecule has 5 rings (SSSR count). The third-order valence-electron chi connectivity index (χ3n) is 12.5. The summed E-state index contributed by atoms with van der Waals surface area (Å²) in [6, 6.07) is 0. The maximum atomic E-state index is 10.8. The number of epoxide rings is 1. The van der Waals surface area contributed by atoms with Crippen LogP contribution in [-0.4, -0.2) is 22.9 Å². The molecule has 0 amide bonds. The van der Waals surface area contributed by atoms with Crippen LogP contribution in [0.3, 0.4) is 0 Å². The summed E-state index contributed by atoms with van der Waals surface area (Å²) in [6.45, 7) is 19.6. The van der Waals surface area contributed by atoms with Crippen molar-refractivity contribution in [2.24, 2.45) is 39.4 Å². The van der Waals surface area contributed by atoms with E-state index in [4.69, 9.17) is 4.74 Å². The van der Waals surface area contributed by atoms with Crippen molar-refractivity contribution in [1.82, 2.24) is 0 Å². The first kappa shape index (κ1) is 23.4. The average Bonchev–Trinajstić information content (AvgIpc) is 3.22. The van der Waals surface area contributed by atoms with Gasteiger partial charge in [-0.15, -0.1) is 0 Å². The molecule has 1 N–H and O–H groups in total. The Kier molecular flexibility index (Phi) is 5.19. The molecule has 5 aliphatic rings. The zero-order chi connectivity index (χ0) is 23.3. The first-order chi connectivity index (χ1) is 14.8. The fraction of sp³-hybridized carbons (Fsp3) is 0.933. The van der Waals surface area contributed by atoms with Gasteiger partial charge in [0.15, 0.2) is 0 Å². The van der Waals surface area contributed by atoms with Gasteiger partial charge in [-0.05, 0) is 117 Å². The van der Waals surface area contributed by atoms with Crippen LogP contribution in [0, 0.1) is 39.4 Å². The van der Waals surface area contributed by atoms with E-state index in [1.165, 1.54) is 57.8 Å². The van der Waals surface area contributed by atoms with E-state index in [9.17, 15) is 5.11 Å². The van der Waals surface area contributed by atoms with Crippen molar-refractivity contribution in [2.75, 3.05) is 0 Å². The molecule has 4 aliphatic carbocycles. The molecule has 1 heterocycles. The normalized spacial score (nSPS) is 49.8. The highest BCUT2D eigenvalue weighted by Crippen LogP contribution is 2.72. The summed E-state index contributed by atoms with van der Waals surface area (Å²) in [5.74, 6) is 2.27. The van der Waals surface area contributed by atoms with E-state index in [0.717, 1.165) is 18.3 Å². The van der Waals surface area contributed by atoms with E-state index < -0.39 is 0 Å². The monoisotopic (exact) mass is 442 g/mol. The molecule has 0 aromatic carbocycles. The standard InChI is InChI=1S/C30H50O2/c1-19(9-12-25-27(4,5)32-25)20-13-17-30(8)22-10-11-23-26(2,3)24(31)15-16-28(23,6)21(22)14-18-29(20,30)7/h19-20,23-25,31H,9-18H2,1-8H3/t19-,20-,23+,24+,25+,28-,29-,30+/m1/s1. The molecule has 2 saturated carbocycles. The van der Waals surface area contributed by atoms with Gasteiger partial charge in [0.25, 0.3) is 0 Å². The summed E-state index contributed by atoms with van der Waals surface area (Å²) in [5.41, 5.74) is 5.01. The number of aliphatic hydroxyl groups is 1. The lowest BCUT2D eigenvalue weighted by Gasteiger charge is -2.62. The Balaban J connectivity index is 1.41. The summed E-state index contributed by atoms with van der Waals surface area (Å²) in [6.07, 6.45) is 13.1. The Bertz CT molecular complexity index is 808. The topological polar surface area (TPSA) is 32.8 Å². The Morgan fingerprint density at radius 2 is 1.59 bits per heavy atom. The minimum atomic E-state index is -0.135. The quantitative estimate of drug-likeness (QED) is 0.357. The Morgan fingerprint density at radius 3 is 2.25 bits per heavy atom. The average molecular weight is 443 g/mol. The van der Waals surface area contributed by atoms with Crippen molar-refractivity contribution in [1.29, 1.82) is 0 Å². The second-order valence-electron chi connectivity index (χ2n) is 14.5. The Morgan fingerprint density at radius 1 is 0.906 bits per heavy atom. The molecule has 182 valence electrons. The molecule has 0 aromatic rings. The maximum absolute atomic E-state index is 10.8. The molecular formula is C30H50O2. The van der Waals surface area contributed by atoms with Gasteiger partial charge in [0.2, 0.25) is 0 Å². The van der Waals surface area contributed by atoms with E-state index in [1.807, 2.05) is 11.1 Å². The molecule has 2 heteroatoms. The van der Waals surface area contributed by atoms with Gasteiger partial charge in [-0.2, -0.15) is 0 Å². The van der Waals surface area contributed by atoms with Gasteiger partial charge in [0.05, 0.1) is 17.8 Å². The first-order valence-electron chi connectivity index (χ1n) is 13.9. The second-order valence-corrected chi connectivity index (χ2v) is 14.5. The lowest BCUT2D eigenvalue weighted by atomic mass is 9.43. The molecular weight excluding hydrogens is 392 g/mol. The van der Waals surface area contributed by atoms with Crippen molar-refractivity contribution in [3.05, 3.63) is 11.1 Å². The largest absolute Gasteiger partial charge is 0.393 e. The van der Waals surface area contributed by atoms with Crippen molar-refractivity contribution in [3.63, 3.8) is 0 Å². The summed E-state index contributed by atoms with van der Waals surface area (Å²) in [4.78, 5) is 0. The minimum absolute atomic E-state index is 0.0402. The number of ether oxygens (including phenoxy) is 1. The lowest BCUT2D eigenvalue weighted by Crippen LogP contribution is -2.55.